The first-order chi connectivity index (χ1) is 5.70. The van der Waals surface area contributed by atoms with Crippen LogP contribution < -0.4 is 0 Å². The van der Waals surface area contributed by atoms with E-state index >= 15 is 0 Å². The number of halogens is 1. The van der Waals surface area contributed by atoms with E-state index in [4.69, 9.17) is 0 Å². The van der Waals surface area contributed by atoms with Gasteiger partial charge < -0.3 is 4.57 Å². The molecule has 0 spiro atoms. The molecule has 0 bridgehead atoms. The van der Waals surface area contributed by atoms with Crippen LogP contribution >= 0.6 is 0 Å². The van der Waals surface area contributed by atoms with Crippen molar-refractivity contribution in [1.82, 2.24) is 4.57 Å². The number of hydrogen-bond acceptors (Lipinski definition) is 0. The number of hydrogen-bond donors (Lipinski definition) is 0. The Morgan fingerprint density at radius 3 is 2.75 bits per heavy atom. The van der Waals surface area contributed by atoms with E-state index in [2.05, 4.69) is 0 Å². The molecule has 0 unspecified atom stereocenters. The second-order valence-corrected chi connectivity index (χ2v) is 3.02. The molecule has 2 aromatic rings. The lowest BCUT2D eigenvalue weighted by Crippen LogP contribution is -1.88. The molecule has 0 N–H and O–H groups in total. The fourth-order valence-corrected chi connectivity index (χ4v) is 1.46. The summed E-state index contributed by atoms with van der Waals surface area (Å²) in [5.74, 6) is -0.142. The van der Waals surface area contributed by atoms with Crippen LogP contribution in [0.1, 0.15) is 5.69 Å². The highest BCUT2D eigenvalue weighted by molar-refractivity contribution is 5.81. The zero-order chi connectivity index (χ0) is 8.72. The average molecular weight is 163 g/mol. The van der Waals surface area contributed by atoms with E-state index in [1.165, 1.54) is 6.07 Å². The largest absolute Gasteiger partial charge is 0.348 e. The van der Waals surface area contributed by atoms with Crippen molar-refractivity contribution in [3.63, 3.8) is 0 Å². The minimum absolute atomic E-state index is 0.142. The monoisotopic (exact) mass is 163 g/mol. The second-order valence-electron chi connectivity index (χ2n) is 3.02. The summed E-state index contributed by atoms with van der Waals surface area (Å²) in [5, 5.41) is 0.706. The van der Waals surface area contributed by atoms with E-state index in [-0.39, 0.29) is 5.82 Å². The Morgan fingerprint density at radius 1 is 1.33 bits per heavy atom. The molecular formula is C10H10FN. The zero-order valence-corrected chi connectivity index (χ0v) is 7.13. The number of aryl methyl sites for hydroxylation is 2. The van der Waals surface area contributed by atoms with Gasteiger partial charge in [-0.05, 0) is 25.1 Å². The van der Waals surface area contributed by atoms with Crippen LogP contribution in [0.5, 0.6) is 0 Å². The van der Waals surface area contributed by atoms with E-state index in [1.807, 2.05) is 30.7 Å². The van der Waals surface area contributed by atoms with Crippen molar-refractivity contribution in [2.75, 3.05) is 0 Å². The van der Waals surface area contributed by atoms with Crippen LogP contribution in [0, 0.1) is 12.7 Å². The lowest BCUT2D eigenvalue weighted by molar-refractivity contribution is 0.640. The molecule has 0 aliphatic heterocycles. The molecule has 1 aromatic carbocycles. The Kier molecular flexibility index (Phi) is 1.43. The van der Waals surface area contributed by atoms with Gasteiger partial charge >= 0.3 is 0 Å². The highest BCUT2D eigenvalue weighted by Crippen LogP contribution is 2.20. The molecule has 0 aliphatic rings. The van der Waals surface area contributed by atoms with Gasteiger partial charge in [-0.15, -0.1) is 0 Å². The summed E-state index contributed by atoms with van der Waals surface area (Å²) in [6, 6.07) is 7.01. The summed E-state index contributed by atoms with van der Waals surface area (Å²) < 4.78 is 15.2. The third-order valence-electron chi connectivity index (χ3n) is 2.27. The van der Waals surface area contributed by atoms with Crippen molar-refractivity contribution in [2.45, 2.75) is 6.92 Å². The van der Waals surface area contributed by atoms with Crippen LogP contribution in [0.15, 0.2) is 24.3 Å². The van der Waals surface area contributed by atoms with Crippen molar-refractivity contribution in [1.29, 1.82) is 0 Å². The SMILES string of the molecule is Cc1cc2c(F)cccc2n1C. The lowest BCUT2D eigenvalue weighted by atomic mass is 10.2. The van der Waals surface area contributed by atoms with Crippen molar-refractivity contribution in [3.8, 4) is 0 Å². The third-order valence-corrected chi connectivity index (χ3v) is 2.27. The summed E-state index contributed by atoms with van der Waals surface area (Å²) in [6.45, 7) is 1.97. The van der Waals surface area contributed by atoms with Gasteiger partial charge in [-0.1, -0.05) is 6.07 Å². The molecular weight excluding hydrogens is 153 g/mol. The minimum atomic E-state index is -0.142. The normalized spacial score (nSPS) is 10.9. The molecule has 62 valence electrons. The van der Waals surface area contributed by atoms with Gasteiger partial charge in [0.15, 0.2) is 0 Å². The molecule has 0 saturated heterocycles. The predicted octanol–water partition coefficient (Wildman–Crippen LogP) is 2.63. The topological polar surface area (TPSA) is 4.93 Å². The molecule has 0 radical (unpaired) electrons. The maximum atomic E-state index is 13.2. The number of rotatable bonds is 0. The van der Waals surface area contributed by atoms with Gasteiger partial charge in [-0.25, -0.2) is 4.39 Å². The van der Waals surface area contributed by atoms with E-state index < -0.39 is 0 Å². The quantitative estimate of drug-likeness (QED) is 0.562. The molecule has 0 fully saturated rings. The first-order valence-electron chi connectivity index (χ1n) is 3.90. The molecule has 0 amide bonds. The summed E-state index contributed by atoms with van der Waals surface area (Å²) >= 11 is 0. The maximum Gasteiger partial charge on any atom is 0.132 e. The standard InChI is InChI=1S/C10H10FN/c1-7-6-8-9(11)4-3-5-10(8)12(7)2/h3-6H,1-2H3. The van der Waals surface area contributed by atoms with E-state index in [0.29, 0.717) is 5.39 Å². The Labute approximate surface area is 70.4 Å². The summed E-state index contributed by atoms with van der Waals surface area (Å²) in [6.07, 6.45) is 0. The van der Waals surface area contributed by atoms with E-state index in [9.17, 15) is 4.39 Å². The fourth-order valence-electron chi connectivity index (χ4n) is 1.46. The van der Waals surface area contributed by atoms with Crippen molar-refractivity contribution < 1.29 is 4.39 Å². The Hall–Kier alpha value is -1.31. The van der Waals surface area contributed by atoms with Crippen molar-refractivity contribution >= 4 is 10.9 Å². The van der Waals surface area contributed by atoms with Crippen LogP contribution in [0.25, 0.3) is 10.9 Å². The molecule has 2 heteroatoms. The Bertz CT molecular complexity index is 429. The van der Waals surface area contributed by atoms with Crippen LogP contribution in [0.3, 0.4) is 0 Å². The van der Waals surface area contributed by atoms with Crippen molar-refractivity contribution in [3.05, 3.63) is 35.8 Å². The lowest BCUT2D eigenvalue weighted by Gasteiger charge is -1.97. The highest BCUT2D eigenvalue weighted by Gasteiger charge is 2.04. The average Bonchev–Trinajstić information content (AvgIpc) is 2.32. The van der Waals surface area contributed by atoms with E-state index in [1.54, 1.807) is 6.07 Å². The Morgan fingerprint density at radius 2 is 2.08 bits per heavy atom. The van der Waals surface area contributed by atoms with Gasteiger partial charge in [-0.2, -0.15) is 0 Å². The summed E-state index contributed by atoms with van der Waals surface area (Å²) in [7, 11) is 1.94. The smallest absolute Gasteiger partial charge is 0.132 e. The summed E-state index contributed by atoms with van der Waals surface area (Å²) in [4.78, 5) is 0. The van der Waals surface area contributed by atoms with Gasteiger partial charge in [0.25, 0.3) is 0 Å². The van der Waals surface area contributed by atoms with Crippen LogP contribution in [-0.2, 0) is 7.05 Å². The fraction of sp³-hybridized carbons (Fsp3) is 0.200. The highest BCUT2D eigenvalue weighted by atomic mass is 19.1. The van der Waals surface area contributed by atoms with E-state index in [0.717, 1.165) is 11.2 Å². The molecule has 1 aromatic heterocycles. The zero-order valence-electron chi connectivity index (χ0n) is 7.13. The van der Waals surface area contributed by atoms with Gasteiger partial charge in [0.05, 0.1) is 5.52 Å². The Balaban J connectivity index is 2.95. The minimum Gasteiger partial charge on any atom is -0.348 e. The molecule has 1 heterocycles. The van der Waals surface area contributed by atoms with Crippen LogP contribution in [-0.4, -0.2) is 4.57 Å². The molecule has 0 aliphatic carbocycles. The van der Waals surface area contributed by atoms with Gasteiger partial charge in [-0.3, -0.25) is 0 Å². The van der Waals surface area contributed by atoms with Crippen LogP contribution in [0.2, 0.25) is 0 Å². The van der Waals surface area contributed by atoms with Gasteiger partial charge in [0.1, 0.15) is 5.82 Å². The van der Waals surface area contributed by atoms with Crippen molar-refractivity contribution in [2.24, 2.45) is 7.05 Å². The molecule has 2 rings (SSSR count). The first kappa shape index (κ1) is 7.35. The first-order valence-corrected chi connectivity index (χ1v) is 3.90. The van der Waals surface area contributed by atoms with Gasteiger partial charge in [0.2, 0.25) is 0 Å². The molecule has 0 atom stereocenters. The predicted molar refractivity (Wildman–Crippen MR) is 47.6 cm³/mol. The number of aromatic nitrogens is 1. The van der Waals surface area contributed by atoms with Crippen LogP contribution in [0.4, 0.5) is 4.39 Å². The maximum absolute atomic E-state index is 13.2. The molecule has 0 saturated carbocycles. The third kappa shape index (κ3) is 0.843. The molecule has 12 heavy (non-hydrogen) atoms. The number of benzene rings is 1. The number of nitrogens with zero attached hydrogens (tertiary/aromatic N) is 1. The number of fused-ring (bicyclic) bond motifs is 1. The van der Waals surface area contributed by atoms with Gasteiger partial charge in [0, 0.05) is 18.1 Å². The molecule has 1 nitrogen and oxygen atoms in total. The second kappa shape index (κ2) is 2.34. The summed E-state index contributed by atoms with van der Waals surface area (Å²) in [5.41, 5.74) is 2.03.